The van der Waals surface area contributed by atoms with Crippen molar-refractivity contribution in [3.05, 3.63) is 35.4 Å². The van der Waals surface area contributed by atoms with Gasteiger partial charge >= 0.3 is 0 Å². The topological polar surface area (TPSA) is 12.0 Å². The van der Waals surface area contributed by atoms with Gasteiger partial charge in [-0.15, -0.1) is 0 Å². The van der Waals surface area contributed by atoms with Crippen LogP contribution in [0.5, 0.6) is 0 Å². The van der Waals surface area contributed by atoms with E-state index in [4.69, 9.17) is 0 Å². The molecule has 1 aromatic rings. The fraction of sp³-hybridized carbons (Fsp3) is 0.600. The van der Waals surface area contributed by atoms with Crippen molar-refractivity contribution >= 4 is 0 Å². The van der Waals surface area contributed by atoms with Crippen molar-refractivity contribution in [1.82, 2.24) is 5.32 Å². The predicted octanol–water partition coefficient (Wildman–Crippen LogP) is 4.44. The van der Waals surface area contributed by atoms with Gasteiger partial charge < -0.3 is 5.32 Å². The summed E-state index contributed by atoms with van der Waals surface area (Å²) < 4.78 is 26.7. The third-order valence-corrected chi connectivity index (χ3v) is 3.01. The minimum Gasteiger partial charge on any atom is -0.310 e. The molecular formula is C15H23F2N. The van der Waals surface area contributed by atoms with Gasteiger partial charge in [-0.1, -0.05) is 26.8 Å². The number of halogens is 2. The van der Waals surface area contributed by atoms with Crippen LogP contribution in [-0.2, 0) is 0 Å². The quantitative estimate of drug-likeness (QED) is 0.759. The molecule has 18 heavy (non-hydrogen) atoms. The van der Waals surface area contributed by atoms with Crippen molar-refractivity contribution in [3.63, 3.8) is 0 Å². The first-order chi connectivity index (χ1) is 8.54. The Morgan fingerprint density at radius 1 is 1.17 bits per heavy atom. The van der Waals surface area contributed by atoms with Gasteiger partial charge in [-0.3, -0.25) is 0 Å². The van der Waals surface area contributed by atoms with E-state index in [9.17, 15) is 8.78 Å². The highest BCUT2D eigenvalue weighted by atomic mass is 19.1. The van der Waals surface area contributed by atoms with E-state index in [-0.39, 0.29) is 6.04 Å². The summed E-state index contributed by atoms with van der Waals surface area (Å²) >= 11 is 0. The van der Waals surface area contributed by atoms with E-state index in [2.05, 4.69) is 26.1 Å². The van der Waals surface area contributed by atoms with Gasteiger partial charge in [0.05, 0.1) is 0 Å². The average molecular weight is 255 g/mol. The molecule has 0 saturated heterocycles. The highest BCUT2D eigenvalue weighted by molar-refractivity contribution is 5.22. The van der Waals surface area contributed by atoms with Crippen LogP contribution in [0, 0.1) is 17.6 Å². The van der Waals surface area contributed by atoms with Crippen LogP contribution in [0.3, 0.4) is 0 Å². The molecule has 0 aliphatic heterocycles. The first-order valence-electron chi connectivity index (χ1n) is 6.73. The summed E-state index contributed by atoms with van der Waals surface area (Å²) in [6.45, 7) is 7.23. The Morgan fingerprint density at radius 3 is 2.44 bits per heavy atom. The summed E-state index contributed by atoms with van der Waals surface area (Å²) in [5.74, 6) is -0.388. The molecule has 0 aromatic heterocycles. The molecule has 0 aliphatic carbocycles. The number of benzene rings is 1. The molecule has 1 unspecified atom stereocenters. The first-order valence-corrected chi connectivity index (χ1v) is 6.73. The van der Waals surface area contributed by atoms with E-state index in [1.54, 1.807) is 6.07 Å². The minimum absolute atomic E-state index is 0.0204. The lowest BCUT2D eigenvalue weighted by atomic mass is 9.97. The Labute approximate surface area is 109 Å². The molecule has 1 aromatic carbocycles. The molecule has 1 rings (SSSR count). The lowest BCUT2D eigenvalue weighted by Crippen LogP contribution is -2.23. The number of hydrogen-bond acceptors (Lipinski definition) is 1. The SMILES string of the molecule is CCCNC(CCC(C)C)c1ccc(F)cc1F. The molecule has 0 aliphatic rings. The minimum atomic E-state index is -0.519. The zero-order chi connectivity index (χ0) is 13.5. The number of rotatable bonds is 7. The molecule has 102 valence electrons. The van der Waals surface area contributed by atoms with E-state index >= 15 is 0 Å². The van der Waals surface area contributed by atoms with E-state index in [1.165, 1.54) is 6.07 Å². The Hall–Kier alpha value is -0.960. The Morgan fingerprint density at radius 2 is 1.89 bits per heavy atom. The summed E-state index contributed by atoms with van der Waals surface area (Å²) in [5, 5.41) is 3.34. The van der Waals surface area contributed by atoms with Crippen LogP contribution in [0.4, 0.5) is 8.78 Å². The highest BCUT2D eigenvalue weighted by Gasteiger charge is 2.16. The van der Waals surface area contributed by atoms with Crippen LogP contribution in [0.2, 0.25) is 0 Å². The van der Waals surface area contributed by atoms with Gasteiger partial charge in [0.1, 0.15) is 11.6 Å². The van der Waals surface area contributed by atoms with Crippen molar-refractivity contribution in [2.75, 3.05) is 6.54 Å². The van der Waals surface area contributed by atoms with Crippen molar-refractivity contribution in [1.29, 1.82) is 0 Å². The van der Waals surface area contributed by atoms with Crippen molar-refractivity contribution in [3.8, 4) is 0 Å². The number of nitrogens with one attached hydrogen (secondary N) is 1. The molecule has 1 atom stereocenters. The summed E-state index contributed by atoms with van der Waals surface area (Å²) in [7, 11) is 0. The summed E-state index contributed by atoms with van der Waals surface area (Å²) in [5.41, 5.74) is 0.575. The summed E-state index contributed by atoms with van der Waals surface area (Å²) in [4.78, 5) is 0. The van der Waals surface area contributed by atoms with Crippen molar-refractivity contribution in [2.45, 2.75) is 46.1 Å². The normalized spacial score (nSPS) is 13.0. The van der Waals surface area contributed by atoms with Gasteiger partial charge in [-0.25, -0.2) is 8.78 Å². The smallest absolute Gasteiger partial charge is 0.130 e. The first kappa shape index (κ1) is 15.1. The van der Waals surface area contributed by atoms with Gasteiger partial charge in [0.2, 0.25) is 0 Å². The molecule has 0 heterocycles. The predicted molar refractivity (Wildman–Crippen MR) is 71.5 cm³/mol. The lowest BCUT2D eigenvalue weighted by Gasteiger charge is -2.20. The zero-order valence-corrected chi connectivity index (χ0v) is 11.5. The maximum Gasteiger partial charge on any atom is 0.130 e. The van der Waals surface area contributed by atoms with Crippen LogP contribution < -0.4 is 5.32 Å². The number of hydrogen-bond donors (Lipinski definition) is 1. The molecule has 0 amide bonds. The van der Waals surface area contributed by atoms with Gasteiger partial charge in [-0.05, 0) is 37.8 Å². The molecule has 0 radical (unpaired) electrons. The van der Waals surface area contributed by atoms with Crippen LogP contribution >= 0.6 is 0 Å². The maximum absolute atomic E-state index is 13.8. The highest BCUT2D eigenvalue weighted by Crippen LogP contribution is 2.24. The fourth-order valence-corrected chi connectivity index (χ4v) is 1.97. The Balaban J connectivity index is 2.79. The van der Waals surface area contributed by atoms with Crippen LogP contribution in [-0.4, -0.2) is 6.54 Å². The molecule has 1 nitrogen and oxygen atoms in total. The second kappa shape index (κ2) is 7.47. The average Bonchev–Trinajstić information content (AvgIpc) is 2.30. The molecular weight excluding hydrogens is 232 g/mol. The van der Waals surface area contributed by atoms with Crippen molar-refractivity contribution < 1.29 is 8.78 Å². The molecule has 1 N–H and O–H groups in total. The summed E-state index contributed by atoms with van der Waals surface area (Å²) in [6, 6.07) is 3.82. The Bertz CT molecular complexity index is 364. The summed E-state index contributed by atoms with van der Waals surface area (Å²) in [6.07, 6.45) is 2.90. The van der Waals surface area contributed by atoms with E-state index < -0.39 is 11.6 Å². The standard InChI is InChI=1S/C15H23F2N/c1-4-9-18-15(8-5-11(2)3)13-7-6-12(16)10-14(13)17/h6-7,10-11,15,18H,4-5,8-9H2,1-3H3. The van der Waals surface area contributed by atoms with E-state index in [1.807, 2.05) is 0 Å². The maximum atomic E-state index is 13.8. The fourth-order valence-electron chi connectivity index (χ4n) is 1.97. The van der Waals surface area contributed by atoms with E-state index in [0.29, 0.717) is 11.5 Å². The van der Waals surface area contributed by atoms with Crippen molar-refractivity contribution in [2.24, 2.45) is 5.92 Å². The zero-order valence-electron chi connectivity index (χ0n) is 11.5. The van der Waals surface area contributed by atoms with Gasteiger partial charge in [0.25, 0.3) is 0 Å². The van der Waals surface area contributed by atoms with Gasteiger partial charge in [-0.2, -0.15) is 0 Å². The lowest BCUT2D eigenvalue weighted by molar-refractivity contribution is 0.425. The largest absolute Gasteiger partial charge is 0.310 e. The molecule has 0 bridgehead atoms. The van der Waals surface area contributed by atoms with Crippen LogP contribution in [0.1, 0.15) is 51.6 Å². The molecule has 0 spiro atoms. The molecule has 0 saturated carbocycles. The molecule has 0 fully saturated rings. The third kappa shape index (κ3) is 4.73. The van der Waals surface area contributed by atoms with E-state index in [0.717, 1.165) is 31.9 Å². The second-order valence-electron chi connectivity index (χ2n) is 5.14. The third-order valence-electron chi connectivity index (χ3n) is 3.01. The monoisotopic (exact) mass is 255 g/mol. The van der Waals surface area contributed by atoms with Gasteiger partial charge in [0.15, 0.2) is 0 Å². The second-order valence-corrected chi connectivity index (χ2v) is 5.14. The van der Waals surface area contributed by atoms with Gasteiger partial charge in [0, 0.05) is 17.7 Å². The molecule has 3 heteroatoms. The Kier molecular flexibility index (Phi) is 6.27. The van der Waals surface area contributed by atoms with Crippen LogP contribution in [0.15, 0.2) is 18.2 Å². The van der Waals surface area contributed by atoms with Crippen LogP contribution in [0.25, 0.3) is 0 Å².